The second kappa shape index (κ2) is 5.60. The Morgan fingerprint density at radius 3 is 2.30 bits per heavy atom. The summed E-state index contributed by atoms with van der Waals surface area (Å²) >= 11 is 0. The molecule has 1 N–H and O–H groups in total. The molecule has 104 valence electrons. The van der Waals surface area contributed by atoms with Gasteiger partial charge in [0.2, 0.25) is 0 Å². The van der Waals surface area contributed by atoms with Gasteiger partial charge in [-0.2, -0.15) is 0 Å². The molecule has 0 saturated carbocycles. The largest absolute Gasteiger partial charge is 0.378 e. The summed E-state index contributed by atoms with van der Waals surface area (Å²) in [5, 5.41) is 13.2. The zero-order valence-corrected chi connectivity index (χ0v) is 10.1. The molecule has 0 aliphatic rings. The van der Waals surface area contributed by atoms with Gasteiger partial charge in [-0.3, -0.25) is 10.1 Å². The molecule has 0 atom stereocenters. The van der Waals surface area contributed by atoms with Crippen LogP contribution in [0.25, 0.3) is 0 Å². The van der Waals surface area contributed by atoms with Gasteiger partial charge >= 0.3 is 0 Å². The minimum atomic E-state index is -0.749. The predicted molar refractivity (Wildman–Crippen MR) is 66.7 cm³/mol. The van der Waals surface area contributed by atoms with Crippen LogP contribution in [-0.2, 0) is 6.54 Å². The Balaban J connectivity index is 2.18. The van der Waals surface area contributed by atoms with Crippen LogP contribution in [0.3, 0.4) is 0 Å². The minimum Gasteiger partial charge on any atom is -0.378 e. The predicted octanol–water partition coefficient (Wildman–Crippen LogP) is 3.62. The van der Waals surface area contributed by atoms with E-state index >= 15 is 0 Å². The molecule has 0 saturated heterocycles. The molecule has 0 aliphatic carbocycles. The summed E-state index contributed by atoms with van der Waals surface area (Å²) in [6.45, 7) is -0.0627. The maximum atomic E-state index is 13.5. The van der Waals surface area contributed by atoms with E-state index in [0.717, 1.165) is 36.4 Å². The van der Waals surface area contributed by atoms with Gasteiger partial charge in [0.25, 0.3) is 5.69 Å². The van der Waals surface area contributed by atoms with E-state index in [4.69, 9.17) is 0 Å². The van der Waals surface area contributed by atoms with E-state index in [9.17, 15) is 23.3 Å². The van der Waals surface area contributed by atoms with Gasteiger partial charge in [-0.25, -0.2) is 13.2 Å². The summed E-state index contributed by atoms with van der Waals surface area (Å²) in [5.74, 6) is -2.19. The number of halogens is 3. The lowest BCUT2D eigenvalue weighted by Gasteiger charge is -2.08. The summed E-state index contributed by atoms with van der Waals surface area (Å²) < 4.78 is 39.4. The molecule has 2 aromatic rings. The van der Waals surface area contributed by atoms with Gasteiger partial charge in [0.15, 0.2) is 0 Å². The Morgan fingerprint density at radius 2 is 1.70 bits per heavy atom. The zero-order valence-electron chi connectivity index (χ0n) is 10.1. The lowest BCUT2D eigenvalue weighted by Crippen LogP contribution is -2.03. The fraction of sp³-hybridized carbons (Fsp3) is 0.0769. The van der Waals surface area contributed by atoms with Crippen LogP contribution in [0.1, 0.15) is 5.56 Å². The van der Waals surface area contributed by atoms with E-state index in [1.165, 1.54) is 0 Å². The number of nitro groups is 1. The third-order valence-electron chi connectivity index (χ3n) is 2.57. The molecule has 0 unspecified atom stereocenters. The standard InChI is InChI=1S/C13H9F3N2O2/c14-9-3-8(4-10(15)5-9)7-17-13-6-11(18(19)20)1-2-12(13)16/h1-6,17H,7H2. The third kappa shape index (κ3) is 3.25. The summed E-state index contributed by atoms with van der Waals surface area (Å²) in [5.41, 5.74) is -0.128. The molecule has 0 fully saturated rings. The number of hydrogen-bond donors (Lipinski definition) is 1. The highest BCUT2D eigenvalue weighted by Gasteiger charge is 2.10. The van der Waals surface area contributed by atoms with E-state index in [1.807, 2.05) is 0 Å². The van der Waals surface area contributed by atoms with Crippen molar-refractivity contribution in [3.05, 3.63) is 69.5 Å². The molecule has 0 bridgehead atoms. The summed E-state index contributed by atoms with van der Waals surface area (Å²) in [6, 6.07) is 5.90. The number of nitrogens with one attached hydrogen (secondary N) is 1. The number of benzene rings is 2. The minimum absolute atomic E-state index is 0.0627. The van der Waals surface area contributed by atoms with Gasteiger partial charge in [0.1, 0.15) is 17.5 Å². The highest BCUT2D eigenvalue weighted by atomic mass is 19.1. The van der Waals surface area contributed by atoms with Gasteiger partial charge in [-0.1, -0.05) is 0 Å². The molecule has 0 radical (unpaired) electrons. The molecule has 0 spiro atoms. The van der Waals surface area contributed by atoms with Crippen molar-refractivity contribution < 1.29 is 18.1 Å². The number of non-ortho nitro benzene ring substituents is 1. The summed E-state index contributed by atoms with van der Waals surface area (Å²) in [6.07, 6.45) is 0. The lowest BCUT2D eigenvalue weighted by atomic mass is 10.2. The molecule has 0 aliphatic heterocycles. The van der Waals surface area contributed by atoms with Crippen molar-refractivity contribution in [3.8, 4) is 0 Å². The second-order valence-electron chi connectivity index (χ2n) is 4.05. The number of nitro benzene ring substituents is 1. The van der Waals surface area contributed by atoms with Gasteiger partial charge in [-0.05, 0) is 23.8 Å². The first-order valence-electron chi connectivity index (χ1n) is 5.58. The Morgan fingerprint density at radius 1 is 1.05 bits per heavy atom. The monoisotopic (exact) mass is 282 g/mol. The molecule has 0 aromatic heterocycles. The number of rotatable bonds is 4. The van der Waals surface area contributed by atoms with Crippen molar-refractivity contribution in [2.24, 2.45) is 0 Å². The second-order valence-corrected chi connectivity index (χ2v) is 4.05. The molecule has 20 heavy (non-hydrogen) atoms. The van der Waals surface area contributed by atoms with Crippen molar-refractivity contribution in [3.63, 3.8) is 0 Å². The zero-order chi connectivity index (χ0) is 14.7. The van der Waals surface area contributed by atoms with Gasteiger partial charge < -0.3 is 5.32 Å². The van der Waals surface area contributed by atoms with Crippen molar-refractivity contribution in [2.75, 3.05) is 5.32 Å². The molecule has 2 rings (SSSR count). The SMILES string of the molecule is O=[N+]([O-])c1ccc(F)c(NCc2cc(F)cc(F)c2)c1. The fourth-order valence-electron chi connectivity index (χ4n) is 1.67. The highest BCUT2D eigenvalue weighted by Crippen LogP contribution is 2.22. The average Bonchev–Trinajstić information content (AvgIpc) is 2.36. The van der Waals surface area contributed by atoms with E-state index in [1.54, 1.807) is 0 Å². The first-order chi connectivity index (χ1) is 9.45. The molecule has 0 amide bonds. The Hall–Kier alpha value is -2.57. The van der Waals surface area contributed by atoms with Crippen LogP contribution < -0.4 is 5.32 Å². The van der Waals surface area contributed by atoms with Crippen molar-refractivity contribution in [2.45, 2.75) is 6.54 Å². The maximum absolute atomic E-state index is 13.5. The maximum Gasteiger partial charge on any atom is 0.271 e. The van der Waals surface area contributed by atoms with E-state index in [0.29, 0.717) is 0 Å². The molecule has 7 heteroatoms. The van der Waals surface area contributed by atoms with Crippen LogP contribution in [0.5, 0.6) is 0 Å². The molecule has 0 heterocycles. The molecular formula is C13H9F3N2O2. The lowest BCUT2D eigenvalue weighted by molar-refractivity contribution is -0.384. The van der Waals surface area contributed by atoms with Gasteiger partial charge in [-0.15, -0.1) is 0 Å². The van der Waals surface area contributed by atoms with Crippen LogP contribution in [-0.4, -0.2) is 4.92 Å². The molecular weight excluding hydrogens is 273 g/mol. The van der Waals surface area contributed by atoms with Crippen LogP contribution in [0, 0.1) is 27.6 Å². The van der Waals surface area contributed by atoms with Crippen molar-refractivity contribution >= 4 is 11.4 Å². The van der Waals surface area contributed by atoms with Crippen LogP contribution in [0.4, 0.5) is 24.5 Å². The summed E-state index contributed by atoms with van der Waals surface area (Å²) in [4.78, 5) is 9.92. The van der Waals surface area contributed by atoms with E-state index < -0.39 is 22.4 Å². The van der Waals surface area contributed by atoms with Crippen molar-refractivity contribution in [1.82, 2.24) is 0 Å². The summed E-state index contributed by atoms with van der Waals surface area (Å²) in [7, 11) is 0. The molecule has 2 aromatic carbocycles. The first kappa shape index (κ1) is 13.9. The quantitative estimate of drug-likeness (QED) is 0.688. The Kier molecular flexibility index (Phi) is 3.88. The third-order valence-corrected chi connectivity index (χ3v) is 2.57. The average molecular weight is 282 g/mol. The highest BCUT2D eigenvalue weighted by molar-refractivity contribution is 5.52. The molecule has 4 nitrogen and oxygen atoms in total. The normalized spacial score (nSPS) is 10.3. The number of anilines is 1. The van der Waals surface area contributed by atoms with Crippen LogP contribution in [0.2, 0.25) is 0 Å². The van der Waals surface area contributed by atoms with E-state index in [2.05, 4.69) is 5.32 Å². The smallest absolute Gasteiger partial charge is 0.271 e. The van der Waals surface area contributed by atoms with Gasteiger partial charge in [0.05, 0.1) is 10.6 Å². The fourth-order valence-corrected chi connectivity index (χ4v) is 1.67. The Bertz CT molecular complexity index is 642. The van der Waals surface area contributed by atoms with Crippen LogP contribution >= 0.6 is 0 Å². The van der Waals surface area contributed by atoms with Crippen molar-refractivity contribution in [1.29, 1.82) is 0 Å². The van der Waals surface area contributed by atoms with Gasteiger partial charge in [0, 0.05) is 24.7 Å². The van der Waals surface area contributed by atoms with Crippen LogP contribution in [0.15, 0.2) is 36.4 Å². The van der Waals surface area contributed by atoms with E-state index in [-0.39, 0.29) is 23.5 Å². The Labute approximate surface area is 112 Å². The number of nitrogens with zero attached hydrogens (tertiary/aromatic N) is 1. The first-order valence-corrected chi connectivity index (χ1v) is 5.58. The number of hydrogen-bond acceptors (Lipinski definition) is 3. The topological polar surface area (TPSA) is 55.2 Å².